The Morgan fingerprint density at radius 2 is 1.72 bits per heavy atom. The molecule has 5 rings (SSSR count). The predicted molar refractivity (Wildman–Crippen MR) is 125 cm³/mol. The van der Waals surface area contributed by atoms with E-state index < -0.39 is 5.78 Å². The molecule has 0 atom stereocenters. The number of carbonyl (C=O) groups is 1. The van der Waals surface area contributed by atoms with E-state index in [-0.39, 0.29) is 11.8 Å². The van der Waals surface area contributed by atoms with E-state index in [4.69, 9.17) is 27.6 Å². The summed E-state index contributed by atoms with van der Waals surface area (Å²) in [6, 6.07) is 22.7. The average molecular weight is 462 g/mol. The van der Waals surface area contributed by atoms with Crippen LogP contribution in [-0.2, 0) is 6.54 Å². The van der Waals surface area contributed by atoms with Gasteiger partial charge in [-0.3, -0.25) is 4.79 Å². The molecule has 2 aromatic heterocycles. The lowest BCUT2D eigenvalue weighted by molar-refractivity contribution is 0.100. The van der Waals surface area contributed by atoms with Gasteiger partial charge in [0.25, 0.3) is 11.7 Å². The van der Waals surface area contributed by atoms with Gasteiger partial charge in [-0.1, -0.05) is 65.2 Å². The van der Waals surface area contributed by atoms with Gasteiger partial charge in [0.05, 0.1) is 11.1 Å². The maximum Gasteiger partial charge on any atom is 0.289 e. The molecule has 3 aromatic carbocycles. The molecule has 5 aromatic rings. The van der Waals surface area contributed by atoms with E-state index >= 15 is 0 Å². The van der Waals surface area contributed by atoms with E-state index in [0.29, 0.717) is 22.3 Å². The van der Waals surface area contributed by atoms with Gasteiger partial charge in [-0.05, 0) is 48.9 Å². The summed E-state index contributed by atoms with van der Waals surface area (Å²) in [6.45, 7) is 2.46. The lowest BCUT2D eigenvalue weighted by atomic mass is 10.1. The van der Waals surface area contributed by atoms with Crippen molar-refractivity contribution in [2.45, 2.75) is 13.5 Å². The highest BCUT2D eigenvalue weighted by molar-refractivity contribution is 6.36. The number of nitrogens with zero attached hydrogens (tertiary/aromatic N) is 3. The number of rotatable bonds is 5. The number of hydrogen-bond acceptors (Lipinski definition) is 4. The van der Waals surface area contributed by atoms with Crippen LogP contribution < -0.4 is 0 Å². The lowest BCUT2D eigenvalue weighted by Crippen LogP contribution is -2.04. The van der Waals surface area contributed by atoms with Gasteiger partial charge in [0.1, 0.15) is 5.15 Å². The molecule has 7 heteroatoms. The van der Waals surface area contributed by atoms with Crippen molar-refractivity contribution < 1.29 is 9.21 Å². The van der Waals surface area contributed by atoms with E-state index in [2.05, 4.69) is 10.2 Å². The summed E-state index contributed by atoms with van der Waals surface area (Å²) < 4.78 is 7.61. The summed E-state index contributed by atoms with van der Waals surface area (Å²) in [6.07, 6.45) is 0. The molecule has 0 fully saturated rings. The first kappa shape index (κ1) is 20.5. The second-order valence-corrected chi connectivity index (χ2v) is 8.30. The third-order valence-corrected chi connectivity index (χ3v) is 5.92. The molecule has 0 aliphatic heterocycles. The Bertz CT molecular complexity index is 1440. The number of fused-ring (bicyclic) bond motifs is 1. The van der Waals surface area contributed by atoms with E-state index in [1.165, 1.54) is 0 Å². The van der Waals surface area contributed by atoms with Crippen molar-refractivity contribution in [3.05, 3.63) is 106 Å². The first-order chi connectivity index (χ1) is 15.5. The highest BCUT2D eigenvalue weighted by Crippen LogP contribution is 2.34. The quantitative estimate of drug-likeness (QED) is 0.277. The highest BCUT2D eigenvalue weighted by Gasteiger charge is 2.27. The van der Waals surface area contributed by atoms with Crippen molar-refractivity contribution >= 4 is 39.9 Å². The third kappa shape index (κ3) is 3.70. The lowest BCUT2D eigenvalue weighted by Gasteiger charge is -2.08. The van der Waals surface area contributed by atoms with Crippen LogP contribution in [0.2, 0.25) is 10.2 Å². The summed E-state index contributed by atoms with van der Waals surface area (Å²) in [4.78, 5) is 13.4. The van der Waals surface area contributed by atoms with E-state index in [0.717, 1.165) is 27.6 Å². The highest BCUT2D eigenvalue weighted by atomic mass is 35.5. The van der Waals surface area contributed by atoms with Crippen molar-refractivity contribution in [2.24, 2.45) is 0 Å². The second kappa shape index (κ2) is 8.26. The summed E-state index contributed by atoms with van der Waals surface area (Å²) in [5.74, 6) is -0.223. The summed E-state index contributed by atoms with van der Waals surface area (Å²) in [7, 11) is 0. The van der Waals surface area contributed by atoms with Gasteiger partial charge in [0, 0.05) is 22.5 Å². The van der Waals surface area contributed by atoms with Gasteiger partial charge in [-0.2, -0.15) is 0 Å². The molecule has 158 valence electrons. The third-order valence-electron chi connectivity index (χ3n) is 5.28. The molecule has 0 aliphatic rings. The zero-order valence-electron chi connectivity index (χ0n) is 17.0. The fourth-order valence-corrected chi connectivity index (χ4v) is 4.16. The molecular weight excluding hydrogens is 445 g/mol. The van der Waals surface area contributed by atoms with Gasteiger partial charge in [0.15, 0.2) is 0 Å². The van der Waals surface area contributed by atoms with Crippen molar-refractivity contribution in [3.8, 4) is 11.5 Å². The number of hydrogen-bond donors (Lipinski definition) is 0. The first-order valence-corrected chi connectivity index (χ1v) is 10.7. The Hall–Kier alpha value is -3.41. The van der Waals surface area contributed by atoms with E-state index in [9.17, 15) is 4.79 Å². The van der Waals surface area contributed by atoms with E-state index in [1.807, 2.05) is 84.3 Å². The van der Waals surface area contributed by atoms with Crippen molar-refractivity contribution in [1.29, 1.82) is 0 Å². The molecule has 0 unspecified atom stereocenters. The Morgan fingerprint density at radius 1 is 0.969 bits per heavy atom. The first-order valence-electron chi connectivity index (χ1n) is 9.97. The largest absolute Gasteiger partial charge is 0.413 e. The van der Waals surface area contributed by atoms with Crippen LogP contribution in [0.15, 0.2) is 77.2 Å². The number of carbonyl (C=O) groups excluding carboxylic acids is 1. The maximum atomic E-state index is 13.4. The molecule has 0 radical (unpaired) electrons. The summed E-state index contributed by atoms with van der Waals surface area (Å²) in [5.41, 5.74) is 3.97. The predicted octanol–water partition coefficient (Wildman–Crippen LogP) is 6.59. The van der Waals surface area contributed by atoms with Crippen molar-refractivity contribution in [3.63, 3.8) is 0 Å². The van der Waals surface area contributed by atoms with Crippen LogP contribution in [0.4, 0.5) is 0 Å². The zero-order valence-corrected chi connectivity index (χ0v) is 18.6. The second-order valence-electron chi connectivity index (χ2n) is 7.51. The Kier molecular flexibility index (Phi) is 5.29. The molecule has 0 saturated carbocycles. The topological polar surface area (TPSA) is 60.9 Å². The Morgan fingerprint density at radius 3 is 2.47 bits per heavy atom. The zero-order chi connectivity index (χ0) is 22.2. The van der Waals surface area contributed by atoms with Crippen LogP contribution in [0.3, 0.4) is 0 Å². The minimum Gasteiger partial charge on any atom is -0.413 e. The number of aryl methyl sites for hydroxylation is 1. The molecule has 0 spiro atoms. The molecule has 0 bridgehead atoms. The molecule has 0 aliphatic carbocycles. The van der Waals surface area contributed by atoms with Crippen LogP contribution in [-0.4, -0.2) is 20.5 Å². The molecule has 32 heavy (non-hydrogen) atoms. The van der Waals surface area contributed by atoms with E-state index in [1.54, 1.807) is 0 Å². The number of ketones is 1. The van der Waals surface area contributed by atoms with Crippen LogP contribution in [0.5, 0.6) is 0 Å². The van der Waals surface area contributed by atoms with Gasteiger partial charge in [0.2, 0.25) is 5.89 Å². The monoisotopic (exact) mass is 461 g/mol. The normalized spacial score (nSPS) is 11.2. The molecule has 0 N–H and O–H groups in total. The fourth-order valence-electron chi connectivity index (χ4n) is 3.70. The van der Waals surface area contributed by atoms with Gasteiger partial charge in [-0.25, -0.2) is 0 Å². The molecule has 5 nitrogen and oxygen atoms in total. The van der Waals surface area contributed by atoms with Crippen LogP contribution >= 0.6 is 23.2 Å². The number of halogens is 2. The average Bonchev–Trinajstić information content (AvgIpc) is 3.39. The SMILES string of the molecule is Cc1ccc2c(c1)c(C(=O)c1nnc(-c3ccccc3)o1)c(Cl)n2Cc1ccc(Cl)cc1. The minimum absolute atomic E-state index is 0.0993. The molecule has 0 amide bonds. The van der Waals surface area contributed by atoms with Gasteiger partial charge < -0.3 is 8.98 Å². The van der Waals surface area contributed by atoms with Crippen LogP contribution in [0.1, 0.15) is 27.4 Å². The van der Waals surface area contributed by atoms with Crippen LogP contribution in [0, 0.1) is 6.92 Å². The number of aromatic nitrogens is 3. The standard InChI is InChI=1S/C25H17Cl2N3O2/c1-15-7-12-20-19(13-15)21(23(27)30(20)14-16-8-10-18(26)11-9-16)22(31)25-29-28-24(32-25)17-5-3-2-4-6-17/h2-13H,14H2,1H3. The van der Waals surface area contributed by atoms with Gasteiger partial charge in [-0.15, -0.1) is 10.2 Å². The van der Waals surface area contributed by atoms with Crippen molar-refractivity contribution in [1.82, 2.24) is 14.8 Å². The van der Waals surface area contributed by atoms with Crippen molar-refractivity contribution in [2.75, 3.05) is 0 Å². The fraction of sp³-hybridized carbons (Fsp3) is 0.0800. The van der Waals surface area contributed by atoms with Gasteiger partial charge >= 0.3 is 0 Å². The van der Waals surface area contributed by atoms with Crippen LogP contribution in [0.25, 0.3) is 22.4 Å². The molecule has 0 saturated heterocycles. The summed E-state index contributed by atoms with van der Waals surface area (Å²) >= 11 is 12.8. The Balaban J connectivity index is 1.60. The molecule has 2 heterocycles. The smallest absolute Gasteiger partial charge is 0.289 e. The minimum atomic E-state index is -0.407. The maximum absolute atomic E-state index is 13.4. The number of benzene rings is 3. The Labute approximate surface area is 194 Å². The summed E-state index contributed by atoms with van der Waals surface area (Å²) in [5, 5.41) is 9.77. The molecular formula is C25H17Cl2N3O2.